The van der Waals surface area contributed by atoms with Crippen LogP contribution < -0.4 is 10.6 Å². The maximum Gasteiger partial charge on any atom is 0.337 e. The number of anilines is 4. The molecule has 0 bridgehead atoms. The van der Waals surface area contributed by atoms with Gasteiger partial charge in [-0.15, -0.1) is 0 Å². The van der Waals surface area contributed by atoms with E-state index in [9.17, 15) is 13.6 Å². The molecule has 0 atom stereocenters. The van der Waals surface area contributed by atoms with E-state index in [0.717, 1.165) is 12.1 Å². The lowest BCUT2D eigenvalue weighted by atomic mass is 10.2. The Morgan fingerprint density at radius 3 is 2.30 bits per heavy atom. The highest BCUT2D eigenvalue weighted by molar-refractivity contribution is 5.89. The minimum atomic E-state index is -0.743. The number of carbonyl (C=O) groups excluding carboxylic acids is 1. The molecule has 0 spiro atoms. The van der Waals surface area contributed by atoms with Crippen molar-refractivity contribution >= 4 is 29.1 Å². The number of esters is 1. The number of benzene rings is 2. The average molecular weight is 370 g/mol. The molecular formula is C19H16F2N4O2. The van der Waals surface area contributed by atoms with Crippen LogP contribution in [-0.4, -0.2) is 23.0 Å². The Morgan fingerprint density at radius 1 is 1.00 bits per heavy atom. The number of halogens is 2. The highest BCUT2D eigenvalue weighted by Crippen LogP contribution is 2.23. The first-order valence-corrected chi connectivity index (χ1v) is 7.98. The Labute approximate surface area is 154 Å². The van der Waals surface area contributed by atoms with Gasteiger partial charge < -0.3 is 15.4 Å². The SMILES string of the molecule is COC(=O)c1ccc(Nc2cc(C)nc(Nc3c(F)cccc3F)n2)cc1. The average Bonchev–Trinajstić information content (AvgIpc) is 2.64. The van der Waals surface area contributed by atoms with Crippen molar-refractivity contribution in [1.82, 2.24) is 9.97 Å². The summed E-state index contributed by atoms with van der Waals surface area (Å²) in [5, 5.41) is 5.62. The molecule has 8 heteroatoms. The van der Waals surface area contributed by atoms with E-state index >= 15 is 0 Å². The molecule has 3 aromatic rings. The van der Waals surface area contributed by atoms with E-state index in [1.807, 2.05) is 0 Å². The number of methoxy groups -OCH3 is 1. The second-order valence-corrected chi connectivity index (χ2v) is 5.63. The summed E-state index contributed by atoms with van der Waals surface area (Å²) in [6.45, 7) is 1.73. The topological polar surface area (TPSA) is 76.1 Å². The lowest BCUT2D eigenvalue weighted by Crippen LogP contribution is -2.05. The van der Waals surface area contributed by atoms with Gasteiger partial charge in [0.1, 0.15) is 23.1 Å². The summed E-state index contributed by atoms with van der Waals surface area (Å²) in [6.07, 6.45) is 0. The molecule has 0 aliphatic rings. The van der Waals surface area contributed by atoms with Crippen molar-refractivity contribution in [2.75, 3.05) is 17.7 Å². The summed E-state index contributed by atoms with van der Waals surface area (Å²) in [7, 11) is 1.31. The molecular weight excluding hydrogens is 354 g/mol. The van der Waals surface area contributed by atoms with Gasteiger partial charge in [0.05, 0.1) is 12.7 Å². The van der Waals surface area contributed by atoms with E-state index < -0.39 is 17.6 Å². The Bertz CT molecular complexity index is 958. The summed E-state index contributed by atoms with van der Waals surface area (Å²) < 4.78 is 32.3. The van der Waals surface area contributed by atoms with Crippen LogP contribution in [0.15, 0.2) is 48.5 Å². The van der Waals surface area contributed by atoms with Gasteiger partial charge in [0, 0.05) is 17.4 Å². The Hall–Kier alpha value is -3.55. The molecule has 0 saturated carbocycles. The number of para-hydroxylation sites is 1. The van der Waals surface area contributed by atoms with E-state index in [1.165, 1.54) is 13.2 Å². The molecule has 3 rings (SSSR count). The number of hydrogen-bond acceptors (Lipinski definition) is 6. The second kappa shape index (κ2) is 7.77. The predicted molar refractivity (Wildman–Crippen MR) is 97.5 cm³/mol. The molecule has 138 valence electrons. The van der Waals surface area contributed by atoms with Gasteiger partial charge in [-0.3, -0.25) is 0 Å². The highest BCUT2D eigenvalue weighted by atomic mass is 19.1. The molecule has 2 aromatic carbocycles. The van der Waals surface area contributed by atoms with Crippen molar-refractivity contribution in [1.29, 1.82) is 0 Å². The maximum atomic E-state index is 13.8. The zero-order valence-electron chi connectivity index (χ0n) is 14.6. The predicted octanol–water partition coefficient (Wildman–Crippen LogP) is 4.34. The van der Waals surface area contributed by atoms with Gasteiger partial charge in [-0.2, -0.15) is 4.98 Å². The van der Waals surface area contributed by atoms with E-state index in [-0.39, 0.29) is 11.6 Å². The molecule has 1 heterocycles. The lowest BCUT2D eigenvalue weighted by Gasteiger charge is -2.11. The fourth-order valence-electron chi connectivity index (χ4n) is 2.37. The van der Waals surface area contributed by atoms with Gasteiger partial charge in [-0.05, 0) is 43.3 Å². The van der Waals surface area contributed by atoms with Crippen LogP contribution in [0.4, 0.5) is 31.9 Å². The van der Waals surface area contributed by atoms with Crippen LogP contribution in [0.3, 0.4) is 0 Å². The molecule has 2 N–H and O–H groups in total. The third-order valence-corrected chi connectivity index (χ3v) is 3.63. The van der Waals surface area contributed by atoms with Gasteiger partial charge in [0.25, 0.3) is 0 Å². The second-order valence-electron chi connectivity index (χ2n) is 5.63. The number of aryl methyl sites for hydroxylation is 1. The van der Waals surface area contributed by atoms with Crippen molar-refractivity contribution in [2.24, 2.45) is 0 Å². The first kappa shape index (κ1) is 18.2. The van der Waals surface area contributed by atoms with Crippen LogP contribution in [0, 0.1) is 18.6 Å². The van der Waals surface area contributed by atoms with Crippen LogP contribution >= 0.6 is 0 Å². The van der Waals surface area contributed by atoms with Gasteiger partial charge >= 0.3 is 5.97 Å². The molecule has 0 radical (unpaired) electrons. The Kier molecular flexibility index (Phi) is 5.25. The zero-order chi connectivity index (χ0) is 19.4. The van der Waals surface area contributed by atoms with E-state index in [0.29, 0.717) is 22.8 Å². The summed E-state index contributed by atoms with van der Waals surface area (Å²) in [5.74, 6) is -1.45. The van der Waals surface area contributed by atoms with Crippen LogP contribution in [-0.2, 0) is 4.74 Å². The van der Waals surface area contributed by atoms with E-state index in [2.05, 4.69) is 25.3 Å². The molecule has 0 aliphatic carbocycles. The van der Waals surface area contributed by atoms with Crippen molar-refractivity contribution in [3.05, 3.63) is 71.4 Å². The number of aromatic nitrogens is 2. The number of hydrogen-bond donors (Lipinski definition) is 2. The number of nitrogens with one attached hydrogen (secondary N) is 2. The van der Waals surface area contributed by atoms with Gasteiger partial charge in [0.15, 0.2) is 0 Å². The molecule has 1 aromatic heterocycles. The smallest absolute Gasteiger partial charge is 0.337 e. The summed E-state index contributed by atoms with van der Waals surface area (Å²) in [6, 6.07) is 11.8. The number of ether oxygens (including phenoxy) is 1. The third kappa shape index (κ3) is 4.35. The van der Waals surface area contributed by atoms with Gasteiger partial charge in [-0.25, -0.2) is 18.6 Å². The summed E-state index contributed by atoms with van der Waals surface area (Å²) in [5.41, 5.74) is 1.36. The standard InChI is InChI=1S/C19H16F2N4O2/c1-11-10-16(23-13-8-6-12(7-9-13)18(26)27-2)24-19(22-11)25-17-14(20)4-3-5-15(17)21/h3-10H,1-2H3,(H2,22,23,24,25). The molecule has 0 unspecified atom stereocenters. The van der Waals surface area contributed by atoms with Crippen LogP contribution in [0.2, 0.25) is 0 Å². The molecule has 6 nitrogen and oxygen atoms in total. The minimum Gasteiger partial charge on any atom is -0.465 e. The first-order chi connectivity index (χ1) is 13.0. The third-order valence-electron chi connectivity index (χ3n) is 3.63. The molecule has 0 fully saturated rings. The van der Waals surface area contributed by atoms with E-state index in [4.69, 9.17) is 0 Å². The molecule has 0 aliphatic heterocycles. The van der Waals surface area contributed by atoms with Crippen molar-refractivity contribution < 1.29 is 18.3 Å². The first-order valence-electron chi connectivity index (χ1n) is 7.98. The normalized spacial score (nSPS) is 10.4. The minimum absolute atomic E-state index is 0.0488. The van der Waals surface area contributed by atoms with Crippen molar-refractivity contribution in [3.8, 4) is 0 Å². The van der Waals surface area contributed by atoms with Crippen LogP contribution in [0.5, 0.6) is 0 Å². The fourth-order valence-corrected chi connectivity index (χ4v) is 2.37. The highest BCUT2D eigenvalue weighted by Gasteiger charge is 2.11. The fraction of sp³-hybridized carbons (Fsp3) is 0.105. The number of nitrogens with zero attached hydrogens (tertiary/aromatic N) is 2. The summed E-state index contributed by atoms with van der Waals surface area (Å²) in [4.78, 5) is 19.8. The molecule has 27 heavy (non-hydrogen) atoms. The van der Waals surface area contributed by atoms with Crippen molar-refractivity contribution in [3.63, 3.8) is 0 Å². The van der Waals surface area contributed by atoms with E-state index in [1.54, 1.807) is 37.3 Å². The molecule has 0 amide bonds. The molecule has 0 saturated heterocycles. The van der Waals surface area contributed by atoms with Crippen LogP contribution in [0.1, 0.15) is 16.1 Å². The lowest BCUT2D eigenvalue weighted by molar-refractivity contribution is 0.0601. The zero-order valence-corrected chi connectivity index (χ0v) is 14.6. The number of carbonyl (C=O) groups is 1. The monoisotopic (exact) mass is 370 g/mol. The number of rotatable bonds is 5. The van der Waals surface area contributed by atoms with Crippen molar-refractivity contribution in [2.45, 2.75) is 6.92 Å². The maximum absolute atomic E-state index is 13.8. The van der Waals surface area contributed by atoms with Gasteiger partial charge in [-0.1, -0.05) is 6.07 Å². The Balaban J connectivity index is 1.82. The Morgan fingerprint density at radius 2 is 1.67 bits per heavy atom. The summed E-state index contributed by atoms with van der Waals surface area (Å²) >= 11 is 0. The largest absolute Gasteiger partial charge is 0.465 e. The van der Waals surface area contributed by atoms with Crippen LogP contribution in [0.25, 0.3) is 0 Å². The van der Waals surface area contributed by atoms with Gasteiger partial charge in [0.2, 0.25) is 5.95 Å². The quantitative estimate of drug-likeness (QED) is 0.651.